The zero-order valence-electron chi connectivity index (χ0n) is 13.3. The number of hydrogen-bond donors (Lipinski definition) is 0. The van der Waals surface area contributed by atoms with E-state index in [1.54, 1.807) is 6.07 Å². The molecule has 1 saturated heterocycles. The molecule has 0 bridgehead atoms. The van der Waals surface area contributed by atoms with Crippen molar-refractivity contribution in [1.82, 2.24) is 0 Å². The van der Waals surface area contributed by atoms with Gasteiger partial charge in [0.15, 0.2) is 0 Å². The van der Waals surface area contributed by atoms with Gasteiger partial charge >= 0.3 is 0 Å². The van der Waals surface area contributed by atoms with Crippen molar-refractivity contribution < 1.29 is 8.86 Å². The van der Waals surface area contributed by atoms with Crippen molar-refractivity contribution in [2.75, 3.05) is 31.1 Å². The van der Waals surface area contributed by atoms with Crippen LogP contribution in [0, 0.1) is 5.21 Å². The van der Waals surface area contributed by atoms with E-state index in [0.29, 0.717) is 31.2 Å². The molecule has 2 heterocycles. The molecule has 6 heteroatoms. The Labute approximate surface area is 149 Å². The van der Waals surface area contributed by atoms with Gasteiger partial charge in [0.25, 0.3) is 0 Å². The SMILES string of the molecule is O=S1c2ccccc2N(CC[N+]2([O-])CCCC2)c2ccc(Cl)cc21. The molecule has 2 aliphatic heterocycles. The van der Waals surface area contributed by atoms with Gasteiger partial charge in [0.05, 0.1) is 58.1 Å². The molecular formula is C18H19ClN2O2S. The molecule has 0 saturated carbocycles. The van der Waals surface area contributed by atoms with E-state index in [1.165, 1.54) is 0 Å². The first kappa shape index (κ1) is 16.1. The van der Waals surface area contributed by atoms with E-state index in [0.717, 1.165) is 34.0 Å². The number of rotatable bonds is 3. The maximum absolute atomic E-state index is 12.9. The molecule has 126 valence electrons. The van der Waals surface area contributed by atoms with Crippen LogP contribution in [-0.4, -0.2) is 35.0 Å². The summed E-state index contributed by atoms with van der Waals surface area (Å²) in [4.78, 5) is 3.63. The van der Waals surface area contributed by atoms with Crippen LogP contribution in [0.1, 0.15) is 12.8 Å². The highest BCUT2D eigenvalue weighted by Gasteiger charge is 2.30. The summed E-state index contributed by atoms with van der Waals surface area (Å²) in [7, 11) is -1.25. The highest BCUT2D eigenvalue weighted by Crippen LogP contribution is 2.42. The second-order valence-corrected chi connectivity index (χ2v) is 8.29. The Balaban J connectivity index is 1.73. The first-order chi connectivity index (χ1) is 11.6. The van der Waals surface area contributed by atoms with Crippen molar-refractivity contribution in [2.45, 2.75) is 22.6 Å². The van der Waals surface area contributed by atoms with Gasteiger partial charge in [0.1, 0.15) is 0 Å². The molecule has 2 aliphatic rings. The predicted molar refractivity (Wildman–Crippen MR) is 97.0 cm³/mol. The summed E-state index contributed by atoms with van der Waals surface area (Å²) >= 11 is 6.11. The van der Waals surface area contributed by atoms with Gasteiger partial charge in [-0.3, -0.25) is 0 Å². The van der Waals surface area contributed by atoms with Gasteiger partial charge in [0.2, 0.25) is 0 Å². The molecule has 4 rings (SSSR count). The molecule has 0 aromatic heterocycles. The summed E-state index contributed by atoms with van der Waals surface area (Å²) in [6.07, 6.45) is 2.02. The van der Waals surface area contributed by atoms with Crippen LogP contribution in [0.2, 0.25) is 5.02 Å². The minimum atomic E-state index is -1.25. The minimum absolute atomic E-state index is 0.120. The monoisotopic (exact) mass is 362 g/mol. The standard InChI is InChI=1S/C18H19ClN2O2S/c19-14-7-8-16-18(13-14)24(23)17-6-2-1-5-15(17)20(16)9-12-21(22)10-3-4-11-21/h1-2,5-8,13H,3-4,9-12H2. The molecule has 0 amide bonds. The highest BCUT2D eigenvalue weighted by atomic mass is 35.5. The Bertz CT molecular complexity index is 805. The lowest BCUT2D eigenvalue weighted by Crippen LogP contribution is -2.44. The summed E-state index contributed by atoms with van der Waals surface area (Å²) in [5.41, 5.74) is 1.82. The van der Waals surface area contributed by atoms with Gasteiger partial charge in [-0.05, 0) is 30.3 Å². The molecule has 1 atom stereocenters. The smallest absolute Gasteiger partial charge is 0.0966 e. The third-order valence-corrected chi connectivity index (χ3v) is 6.59. The largest absolute Gasteiger partial charge is 0.633 e. The van der Waals surface area contributed by atoms with Crippen molar-refractivity contribution in [3.8, 4) is 0 Å². The van der Waals surface area contributed by atoms with Crippen molar-refractivity contribution in [3.05, 3.63) is 52.7 Å². The van der Waals surface area contributed by atoms with E-state index < -0.39 is 10.8 Å². The van der Waals surface area contributed by atoms with Gasteiger partial charge in [-0.1, -0.05) is 23.7 Å². The topological polar surface area (TPSA) is 43.4 Å². The van der Waals surface area contributed by atoms with Gasteiger partial charge in [-0.2, -0.15) is 0 Å². The van der Waals surface area contributed by atoms with Crippen LogP contribution >= 0.6 is 11.6 Å². The zero-order chi connectivity index (χ0) is 16.7. The summed E-state index contributed by atoms with van der Waals surface area (Å²) in [5.74, 6) is 0. The molecule has 0 N–H and O–H groups in total. The van der Waals surface area contributed by atoms with Gasteiger partial charge in [0, 0.05) is 17.9 Å². The van der Waals surface area contributed by atoms with E-state index in [4.69, 9.17) is 11.6 Å². The highest BCUT2D eigenvalue weighted by molar-refractivity contribution is 7.85. The Hall–Kier alpha value is -1.40. The van der Waals surface area contributed by atoms with E-state index in [-0.39, 0.29) is 4.65 Å². The Morgan fingerprint density at radius 1 is 1.08 bits per heavy atom. The first-order valence-corrected chi connectivity index (χ1v) is 9.75. The van der Waals surface area contributed by atoms with E-state index in [9.17, 15) is 9.42 Å². The summed E-state index contributed by atoms with van der Waals surface area (Å²) in [6.45, 7) is 2.57. The molecule has 4 nitrogen and oxygen atoms in total. The van der Waals surface area contributed by atoms with Crippen molar-refractivity contribution in [1.29, 1.82) is 0 Å². The second kappa shape index (κ2) is 6.15. The van der Waals surface area contributed by atoms with Crippen LogP contribution in [0.3, 0.4) is 0 Å². The average Bonchev–Trinajstić information content (AvgIpc) is 3.02. The number of nitrogens with zero attached hydrogens (tertiary/aromatic N) is 2. The summed E-state index contributed by atoms with van der Waals surface area (Å²) < 4.78 is 12.8. The molecule has 2 aromatic carbocycles. The number of hydroxylamine groups is 3. The third-order valence-electron chi connectivity index (χ3n) is 4.88. The van der Waals surface area contributed by atoms with E-state index in [2.05, 4.69) is 4.90 Å². The average molecular weight is 363 g/mol. The number of para-hydroxylation sites is 1. The maximum Gasteiger partial charge on any atom is 0.0966 e. The first-order valence-electron chi connectivity index (χ1n) is 8.22. The molecule has 24 heavy (non-hydrogen) atoms. The number of hydrogen-bond acceptors (Lipinski definition) is 3. The molecule has 0 aliphatic carbocycles. The lowest BCUT2D eigenvalue weighted by Gasteiger charge is -2.41. The normalized spacial score (nSPS) is 21.4. The molecule has 1 unspecified atom stereocenters. The third kappa shape index (κ3) is 2.75. The number of quaternary nitrogens is 1. The van der Waals surface area contributed by atoms with Crippen LogP contribution in [-0.2, 0) is 10.8 Å². The number of fused-ring (bicyclic) bond motifs is 2. The zero-order valence-corrected chi connectivity index (χ0v) is 14.9. The number of benzene rings is 2. The molecular weight excluding hydrogens is 344 g/mol. The quantitative estimate of drug-likeness (QED) is 0.610. The molecule has 1 fully saturated rings. The second-order valence-electron chi connectivity index (χ2n) is 6.44. The minimum Gasteiger partial charge on any atom is -0.633 e. The Morgan fingerprint density at radius 2 is 1.79 bits per heavy atom. The molecule has 2 aromatic rings. The number of anilines is 2. The van der Waals surface area contributed by atoms with Crippen LogP contribution in [0.15, 0.2) is 52.3 Å². The lowest BCUT2D eigenvalue weighted by molar-refractivity contribution is -0.866. The van der Waals surface area contributed by atoms with Crippen molar-refractivity contribution >= 4 is 33.8 Å². The Morgan fingerprint density at radius 3 is 2.58 bits per heavy atom. The summed E-state index contributed by atoms with van der Waals surface area (Å²) in [6, 6.07) is 13.2. The van der Waals surface area contributed by atoms with Crippen molar-refractivity contribution in [2.24, 2.45) is 0 Å². The molecule has 0 spiro atoms. The van der Waals surface area contributed by atoms with E-state index >= 15 is 0 Å². The number of likely N-dealkylation sites (tertiary alicyclic amines) is 1. The van der Waals surface area contributed by atoms with Crippen molar-refractivity contribution in [3.63, 3.8) is 0 Å². The van der Waals surface area contributed by atoms with Gasteiger partial charge < -0.3 is 14.8 Å². The van der Waals surface area contributed by atoms with Crippen LogP contribution < -0.4 is 4.90 Å². The predicted octanol–water partition coefficient (Wildman–Crippen LogP) is 4.07. The van der Waals surface area contributed by atoms with E-state index in [1.807, 2.05) is 36.4 Å². The van der Waals surface area contributed by atoms with Gasteiger partial charge in [-0.15, -0.1) is 0 Å². The molecule has 0 radical (unpaired) electrons. The Kier molecular flexibility index (Phi) is 4.12. The van der Waals surface area contributed by atoms with Gasteiger partial charge in [-0.25, -0.2) is 4.21 Å². The fourth-order valence-corrected chi connectivity index (χ4v) is 5.25. The van der Waals surface area contributed by atoms with Crippen LogP contribution in [0.4, 0.5) is 11.4 Å². The number of halogens is 1. The summed E-state index contributed by atoms with van der Waals surface area (Å²) in [5, 5.41) is 13.3. The van der Waals surface area contributed by atoms with Crippen LogP contribution in [0.5, 0.6) is 0 Å². The fraction of sp³-hybridized carbons (Fsp3) is 0.333. The lowest BCUT2D eigenvalue weighted by atomic mass is 10.2. The maximum atomic E-state index is 12.9. The fourth-order valence-electron chi connectivity index (χ4n) is 3.60. The van der Waals surface area contributed by atoms with Crippen LogP contribution in [0.25, 0.3) is 0 Å².